The summed E-state index contributed by atoms with van der Waals surface area (Å²) in [6.45, 7) is 6.84. The molecule has 2 heteroatoms. The Morgan fingerprint density at radius 1 is 1.22 bits per heavy atom. The third-order valence-electron chi connectivity index (χ3n) is 3.27. The molecule has 1 atom stereocenters. The smallest absolute Gasteiger partial charge is 0.119 e. The predicted molar refractivity (Wildman–Crippen MR) is 76.0 cm³/mol. The van der Waals surface area contributed by atoms with Gasteiger partial charge in [0.05, 0.1) is 6.10 Å². The van der Waals surface area contributed by atoms with Crippen molar-refractivity contribution in [2.75, 3.05) is 7.05 Å². The van der Waals surface area contributed by atoms with Crippen molar-refractivity contribution in [3.8, 4) is 5.75 Å². The van der Waals surface area contributed by atoms with E-state index in [1.807, 2.05) is 7.05 Å². The number of rotatable bonds is 5. The van der Waals surface area contributed by atoms with Gasteiger partial charge >= 0.3 is 0 Å². The quantitative estimate of drug-likeness (QED) is 0.851. The Balaban J connectivity index is 2.01. The van der Waals surface area contributed by atoms with Gasteiger partial charge in [-0.05, 0) is 49.4 Å². The molecule has 1 aliphatic carbocycles. The molecule has 0 aliphatic heterocycles. The van der Waals surface area contributed by atoms with Crippen LogP contribution in [0.25, 0.3) is 0 Å². The Bertz CT molecular complexity index is 373. The predicted octanol–water partition coefficient (Wildman–Crippen LogP) is 3.92. The molecule has 0 bridgehead atoms. The summed E-state index contributed by atoms with van der Waals surface area (Å²) < 4.78 is 5.77. The number of hydrogen-bond acceptors (Lipinski definition) is 2. The molecule has 0 heterocycles. The summed E-state index contributed by atoms with van der Waals surface area (Å²) in [6.07, 6.45) is 4.04. The van der Waals surface area contributed by atoms with E-state index in [-0.39, 0.29) is 0 Å². The van der Waals surface area contributed by atoms with Crippen LogP contribution < -0.4 is 10.1 Å². The maximum absolute atomic E-state index is 5.77. The molecule has 1 aromatic rings. The van der Waals surface area contributed by atoms with Gasteiger partial charge in [0.25, 0.3) is 0 Å². The van der Waals surface area contributed by atoms with Gasteiger partial charge < -0.3 is 10.1 Å². The van der Waals surface area contributed by atoms with Gasteiger partial charge in [-0.25, -0.2) is 0 Å². The van der Waals surface area contributed by atoms with Crippen LogP contribution in [0.4, 0.5) is 0 Å². The molecule has 1 fully saturated rings. The van der Waals surface area contributed by atoms with Crippen LogP contribution in [0.2, 0.25) is 0 Å². The molecule has 1 unspecified atom stereocenters. The van der Waals surface area contributed by atoms with Gasteiger partial charge in [-0.3, -0.25) is 0 Å². The fraction of sp³-hybridized carbons (Fsp3) is 0.625. The molecule has 2 rings (SSSR count). The van der Waals surface area contributed by atoms with Crippen LogP contribution in [-0.4, -0.2) is 13.2 Å². The molecule has 0 amide bonds. The average molecular weight is 247 g/mol. The topological polar surface area (TPSA) is 21.3 Å². The molecular formula is C16H25NO. The summed E-state index contributed by atoms with van der Waals surface area (Å²) >= 11 is 0. The summed E-state index contributed by atoms with van der Waals surface area (Å²) in [6, 6.07) is 8.98. The molecular weight excluding hydrogens is 222 g/mol. The molecule has 1 saturated carbocycles. The van der Waals surface area contributed by atoms with Crippen LogP contribution in [0.1, 0.15) is 51.6 Å². The van der Waals surface area contributed by atoms with Crippen molar-refractivity contribution in [1.82, 2.24) is 5.32 Å². The summed E-state index contributed by atoms with van der Waals surface area (Å²) in [4.78, 5) is 0. The SMILES string of the molecule is CNC(CC(C)(C)C)c1ccc(OC2CC2)cc1. The Kier molecular flexibility index (Phi) is 3.96. The third kappa shape index (κ3) is 4.02. The molecule has 0 radical (unpaired) electrons. The zero-order chi connectivity index (χ0) is 13.2. The van der Waals surface area contributed by atoms with E-state index in [9.17, 15) is 0 Å². The second-order valence-corrected chi connectivity index (χ2v) is 6.49. The van der Waals surface area contributed by atoms with Crippen molar-refractivity contribution in [2.24, 2.45) is 5.41 Å². The summed E-state index contributed by atoms with van der Waals surface area (Å²) in [7, 11) is 2.03. The second-order valence-electron chi connectivity index (χ2n) is 6.49. The molecule has 0 saturated heterocycles. The summed E-state index contributed by atoms with van der Waals surface area (Å²) in [5.41, 5.74) is 1.67. The van der Waals surface area contributed by atoms with Crippen LogP contribution >= 0.6 is 0 Å². The maximum Gasteiger partial charge on any atom is 0.119 e. The van der Waals surface area contributed by atoms with Crippen LogP contribution in [0.15, 0.2) is 24.3 Å². The zero-order valence-corrected chi connectivity index (χ0v) is 12.0. The molecule has 0 aromatic heterocycles. The van der Waals surface area contributed by atoms with E-state index in [0.717, 1.165) is 12.2 Å². The lowest BCUT2D eigenvalue weighted by Crippen LogP contribution is -2.22. The lowest BCUT2D eigenvalue weighted by atomic mass is 9.85. The first-order valence-corrected chi connectivity index (χ1v) is 6.92. The molecule has 2 nitrogen and oxygen atoms in total. The number of nitrogens with one attached hydrogen (secondary N) is 1. The Hall–Kier alpha value is -1.02. The van der Waals surface area contributed by atoms with Gasteiger partial charge in [-0.2, -0.15) is 0 Å². The third-order valence-corrected chi connectivity index (χ3v) is 3.27. The van der Waals surface area contributed by atoms with Gasteiger partial charge in [0.15, 0.2) is 0 Å². The van der Waals surface area contributed by atoms with E-state index >= 15 is 0 Å². The Labute approximate surface area is 111 Å². The second kappa shape index (κ2) is 5.31. The Morgan fingerprint density at radius 3 is 2.28 bits per heavy atom. The largest absolute Gasteiger partial charge is 0.490 e. The van der Waals surface area contributed by atoms with E-state index in [1.54, 1.807) is 0 Å². The first-order chi connectivity index (χ1) is 8.48. The van der Waals surface area contributed by atoms with Crippen LogP contribution in [-0.2, 0) is 0 Å². The van der Waals surface area contributed by atoms with E-state index < -0.39 is 0 Å². The lowest BCUT2D eigenvalue weighted by Gasteiger charge is -2.26. The van der Waals surface area contributed by atoms with E-state index in [0.29, 0.717) is 17.6 Å². The molecule has 0 spiro atoms. The van der Waals surface area contributed by atoms with Gasteiger partial charge in [-0.15, -0.1) is 0 Å². The van der Waals surface area contributed by atoms with Crippen molar-refractivity contribution < 1.29 is 4.74 Å². The highest BCUT2D eigenvalue weighted by Gasteiger charge is 2.23. The lowest BCUT2D eigenvalue weighted by molar-refractivity contribution is 0.302. The van der Waals surface area contributed by atoms with E-state index in [2.05, 4.69) is 50.4 Å². The standard InChI is InChI=1S/C16H25NO/c1-16(2,3)11-15(17-4)12-5-7-13(8-6-12)18-14-9-10-14/h5-8,14-15,17H,9-11H2,1-4H3. The van der Waals surface area contributed by atoms with Gasteiger partial charge in [-0.1, -0.05) is 32.9 Å². The minimum absolute atomic E-state index is 0.330. The first-order valence-electron chi connectivity index (χ1n) is 6.92. The van der Waals surface area contributed by atoms with E-state index in [1.165, 1.54) is 18.4 Å². The number of benzene rings is 1. The van der Waals surface area contributed by atoms with Crippen molar-refractivity contribution in [2.45, 2.75) is 52.2 Å². The van der Waals surface area contributed by atoms with E-state index in [4.69, 9.17) is 4.74 Å². The molecule has 1 aromatic carbocycles. The number of hydrogen-bond donors (Lipinski definition) is 1. The van der Waals surface area contributed by atoms with Gasteiger partial charge in [0.1, 0.15) is 5.75 Å². The Morgan fingerprint density at radius 2 is 1.83 bits per heavy atom. The maximum atomic E-state index is 5.77. The van der Waals surface area contributed by atoms with Crippen molar-refractivity contribution in [3.05, 3.63) is 29.8 Å². The van der Waals surface area contributed by atoms with Crippen molar-refractivity contribution >= 4 is 0 Å². The first kappa shape index (κ1) is 13.4. The zero-order valence-electron chi connectivity index (χ0n) is 12.0. The molecule has 18 heavy (non-hydrogen) atoms. The average Bonchev–Trinajstić information content (AvgIpc) is 3.10. The van der Waals surface area contributed by atoms with Crippen molar-refractivity contribution in [1.29, 1.82) is 0 Å². The fourth-order valence-electron chi connectivity index (χ4n) is 2.16. The summed E-state index contributed by atoms with van der Waals surface area (Å²) in [5.74, 6) is 1.01. The monoisotopic (exact) mass is 247 g/mol. The molecule has 1 N–H and O–H groups in total. The number of ether oxygens (including phenoxy) is 1. The highest BCUT2D eigenvalue weighted by atomic mass is 16.5. The summed E-state index contributed by atoms with van der Waals surface area (Å²) in [5, 5.41) is 3.41. The fourth-order valence-corrected chi connectivity index (χ4v) is 2.16. The highest BCUT2D eigenvalue weighted by Crippen LogP contribution is 2.31. The normalized spacial score (nSPS) is 17.6. The van der Waals surface area contributed by atoms with Gasteiger partial charge in [0, 0.05) is 6.04 Å². The molecule has 100 valence electrons. The molecule has 1 aliphatic rings. The van der Waals surface area contributed by atoms with Gasteiger partial charge in [0.2, 0.25) is 0 Å². The van der Waals surface area contributed by atoms with Crippen LogP contribution in [0, 0.1) is 5.41 Å². The van der Waals surface area contributed by atoms with Crippen molar-refractivity contribution in [3.63, 3.8) is 0 Å². The van der Waals surface area contributed by atoms with Crippen LogP contribution in [0.3, 0.4) is 0 Å². The minimum Gasteiger partial charge on any atom is -0.490 e. The minimum atomic E-state index is 0.330. The highest BCUT2D eigenvalue weighted by molar-refractivity contribution is 5.29. The van der Waals surface area contributed by atoms with Crippen LogP contribution in [0.5, 0.6) is 5.75 Å².